The van der Waals surface area contributed by atoms with E-state index in [-0.39, 0.29) is 17.9 Å². The summed E-state index contributed by atoms with van der Waals surface area (Å²) in [5.74, 6) is 1.62. The standard InChI is InChI=1S/C23H28N4O2/c1-16-19-12-13-21(29)27(15-6-10-18-8-4-3-5-9-18)23(19)25-22(24-16)20-11-7-14-26(20)17(2)28/h3-5,8-9,20H,6-7,10-15H2,1-2H3/t20-/m0/s1. The summed E-state index contributed by atoms with van der Waals surface area (Å²) in [4.78, 5) is 38.0. The van der Waals surface area contributed by atoms with Gasteiger partial charge in [0.15, 0.2) is 5.82 Å². The van der Waals surface area contributed by atoms with E-state index in [4.69, 9.17) is 9.97 Å². The first-order valence-corrected chi connectivity index (χ1v) is 10.5. The number of fused-ring (bicyclic) bond motifs is 1. The first-order valence-electron chi connectivity index (χ1n) is 10.5. The summed E-state index contributed by atoms with van der Waals surface area (Å²) in [6.07, 6.45) is 4.85. The van der Waals surface area contributed by atoms with Crippen LogP contribution in [0.1, 0.15) is 61.3 Å². The van der Waals surface area contributed by atoms with Crippen molar-refractivity contribution in [1.29, 1.82) is 0 Å². The second-order valence-electron chi connectivity index (χ2n) is 7.97. The van der Waals surface area contributed by atoms with E-state index in [1.807, 2.05) is 34.9 Å². The van der Waals surface area contributed by atoms with Crippen molar-refractivity contribution >= 4 is 17.6 Å². The third-order valence-electron chi connectivity index (χ3n) is 6.00. The highest BCUT2D eigenvalue weighted by Gasteiger charge is 2.33. The Bertz CT molecular complexity index is 913. The lowest BCUT2D eigenvalue weighted by molar-refractivity contribution is -0.129. The zero-order valence-corrected chi connectivity index (χ0v) is 17.2. The average molecular weight is 393 g/mol. The van der Waals surface area contributed by atoms with Crippen molar-refractivity contribution in [2.45, 2.75) is 58.4 Å². The van der Waals surface area contributed by atoms with Gasteiger partial charge < -0.3 is 4.90 Å². The van der Waals surface area contributed by atoms with Crippen molar-refractivity contribution < 1.29 is 9.59 Å². The Labute approximate surface area is 172 Å². The molecule has 4 rings (SSSR count). The van der Waals surface area contributed by atoms with Gasteiger partial charge in [0.2, 0.25) is 11.8 Å². The number of rotatable bonds is 5. The van der Waals surface area contributed by atoms with Crippen LogP contribution in [0.2, 0.25) is 0 Å². The maximum Gasteiger partial charge on any atom is 0.228 e. The molecule has 1 aromatic heterocycles. The number of carbonyl (C=O) groups excluding carboxylic acids is 2. The number of nitrogens with zero attached hydrogens (tertiary/aromatic N) is 4. The predicted octanol–water partition coefficient (Wildman–Crippen LogP) is 3.38. The molecular weight excluding hydrogens is 364 g/mol. The molecule has 2 aromatic rings. The van der Waals surface area contributed by atoms with Gasteiger partial charge in [-0.2, -0.15) is 0 Å². The number of amides is 2. The molecule has 6 nitrogen and oxygen atoms in total. The molecule has 0 N–H and O–H groups in total. The van der Waals surface area contributed by atoms with Crippen LogP contribution in [0.3, 0.4) is 0 Å². The van der Waals surface area contributed by atoms with Crippen LogP contribution in [0.5, 0.6) is 0 Å². The molecule has 3 heterocycles. The van der Waals surface area contributed by atoms with Crippen LogP contribution in [-0.2, 0) is 22.4 Å². The molecule has 0 unspecified atom stereocenters. The molecule has 0 saturated carbocycles. The fourth-order valence-corrected chi connectivity index (χ4v) is 4.48. The maximum atomic E-state index is 12.7. The Morgan fingerprint density at radius 1 is 1.17 bits per heavy atom. The van der Waals surface area contributed by atoms with Gasteiger partial charge in [0.05, 0.1) is 6.04 Å². The van der Waals surface area contributed by atoms with Gasteiger partial charge in [-0.05, 0) is 44.6 Å². The maximum absolute atomic E-state index is 12.7. The lowest BCUT2D eigenvalue weighted by Crippen LogP contribution is -2.38. The van der Waals surface area contributed by atoms with E-state index in [9.17, 15) is 9.59 Å². The summed E-state index contributed by atoms with van der Waals surface area (Å²) in [6, 6.07) is 10.3. The minimum atomic E-state index is -0.0836. The Hall–Kier alpha value is -2.76. The minimum Gasteiger partial charge on any atom is -0.333 e. The SMILES string of the molecule is CC(=O)N1CCC[C@H]1c1nc(C)c2c(n1)N(CCCc1ccccc1)C(=O)CC2. The molecule has 1 aromatic carbocycles. The second-order valence-corrected chi connectivity index (χ2v) is 7.97. The van der Waals surface area contributed by atoms with Gasteiger partial charge in [-0.1, -0.05) is 30.3 Å². The van der Waals surface area contributed by atoms with Gasteiger partial charge in [0, 0.05) is 37.7 Å². The van der Waals surface area contributed by atoms with E-state index in [1.165, 1.54) is 5.56 Å². The van der Waals surface area contributed by atoms with Crippen molar-refractivity contribution in [2.24, 2.45) is 0 Å². The smallest absolute Gasteiger partial charge is 0.228 e. The first kappa shape index (κ1) is 19.6. The zero-order chi connectivity index (χ0) is 20.4. The van der Waals surface area contributed by atoms with Gasteiger partial charge in [0.25, 0.3) is 0 Å². The number of carbonyl (C=O) groups is 2. The van der Waals surface area contributed by atoms with Crippen molar-refractivity contribution in [3.63, 3.8) is 0 Å². The van der Waals surface area contributed by atoms with E-state index in [0.717, 1.165) is 49.3 Å². The molecular formula is C23H28N4O2. The molecule has 2 amide bonds. The summed E-state index contributed by atoms with van der Waals surface area (Å²) >= 11 is 0. The molecule has 2 aliphatic heterocycles. The highest BCUT2D eigenvalue weighted by Crippen LogP contribution is 2.34. The number of hydrogen-bond acceptors (Lipinski definition) is 4. The summed E-state index contributed by atoms with van der Waals surface area (Å²) in [5.41, 5.74) is 3.28. The topological polar surface area (TPSA) is 66.4 Å². The van der Waals surface area contributed by atoms with Gasteiger partial charge in [-0.25, -0.2) is 9.97 Å². The van der Waals surface area contributed by atoms with Crippen LogP contribution in [0, 0.1) is 6.92 Å². The Morgan fingerprint density at radius 3 is 2.72 bits per heavy atom. The van der Waals surface area contributed by atoms with E-state index >= 15 is 0 Å². The second kappa shape index (κ2) is 8.31. The van der Waals surface area contributed by atoms with E-state index in [2.05, 4.69) is 12.1 Å². The largest absolute Gasteiger partial charge is 0.333 e. The van der Waals surface area contributed by atoms with Crippen molar-refractivity contribution in [1.82, 2.24) is 14.9 Å². The van der Waals surface area contributed by atoms with Crippen LogP contribution < -0.4 is 4.90 Å². The van der Waals surface area contributed by atoms with Crippen molar-refractivity contribution in [2.75, 3.05) is 18.0 Å². The van der Waals surface area contributed by atoms with E-state index in [1.54, 1.807) is 6.92 Å². The Balaban J connectivity index is 1.58. The number of benzene rings is 1. The predicted molar refractivity (Wildman–Crippen MR) is 112 cm³/mol. The fourth-order valence-electron chi connectivity index (χ4n) is 4.48. The van der Waals surface area contributed by atoms with Gasteiger partial charge in [0.1, 0.15) is 5.82 Å². The number of hydrogen-bond donors (Lipinski definition) is 0. The molecule has 1 atom stereocenters. The van der Waals surface area contributed by atoms with Crippen LogP contribution in [0.25, 0.3) is 0 Å². The average Bonchev–Trinajstić information content (AvgIpc) is 3.20. The van der Waals surface area contributed by atoms with Crippen molar-refractivity contribution in [3.05, 3.63) is 53.0 Å². The van der Waals surface area contributed by atoms with E-state index < -0.39 is 0 Å². The lowest BCUT2D eigenvalue weighted by atomic mass is 10.0. The molecule has 2 aliphatic rings. The third-order valence-corrected chi connectivity index (χ3v) is 6.00. The molecule has 0 spiro atoms. The Kier molecular flexibility index (Phi) is 5.60. The Morgan fingerprint density at radius 2 is 1.97 bits per heavy atom. The molecule has 0 aliphatic carbocycles. The first-order chi connectivity index (χ1) is 14.0. The van der Waals surface area contributed by atoms with E-state index in [0.29, 0.717) is 25.2 Å². The van der Waals surface area contributed by atoms with Gasteiger partial charge in [-0.3, -0.25) is 14.5 Å². The van der Waals surface area contributed by atoms with Crippen LogP contribution >= 0.6 is 0 Å². The quantitative estimate of drug-likeness (QED) is 0.782. The van der Waals surface area contributed by atoms with Crippen molar-refractivity contribution in [3.8, 4) is 0 Å². The number of aromatic nitrogens is 2. The highest BCUT2D eigenvalue weighted by molar-refractivity contribution is 5.95. The molecule has 1 saturated heterocycles. The zero-order valence-electron chi connectivity index (χ0n) is 17.2. The monoisotopic (exact) mass is 392 g/mol. The molecule has 0 bridgehead atoms. The number of aryl methyl sites for hydroxylation is 2. The molecule has 1 fully saturated rings. The fraction of sp³-hybridized carbons (Fsp3) is 0.478. The third kappa shape index (κ3) is 4.02. The molecule has 152 valence electrons. The summed E-state index contributed by atoms with van der Waals surface area (Å²) in [6.45, 7) is 4.99. The highest BCUT2D eigenvalue weighted by atomic mass is 16.2. The van der Waals surface area contributed by atoms with Crippen LogP contribution in [-0.4, -0.2) is 39.8 Å². The van der Waals surface area contributed by atoms with Crippen LogP contribution in [0.15, 0.2) is 30.3 Å². The normalized spacial score (nSPS) is 18.8. The number of anilines is 1. The molecule has 6 heteroatoms. The summed E-state index contributed by atoms with van der Waals surface area (Å²) in [5, 5.41) is 0. The lowest BCUT2D eigenvalue weighted by Gasteiger charge is -2.31. The summed E-state index contributed by atoms with van der Waals surface area (Å²) < 4.78 is 0. The molecule has 29 heavy (non-hydrogen) atoms. The summed E-state index contributed by atoms with van der Waals surface area (Å²) in [7, 11) is 0. The number of likely N-dealkylation sites (tertiary alicyclic amines) is 1. The molecule has 0 radical (unpaired) electrons. The minimum absolute atomic E-state index is 0.0577. The van der Waals surface area contributed by atoms with Gasteiger partial charge >= 0.3 is 0 Å². The van der Waals surface area contributed by atoms with Crippen LogP contribution in [0.4, 0.5) is 5.82 Å². The van der Waals surface area contributed by atoms with Gasteiger partial charge in [-0.15, -0.1) is 0 Å².